The maximum absolute atomic E-state index is 12.7. The van der Waals surface area contributed by atoms with Crippen LogP contribution < -0.4 is 15.6 Å². The number of H-pyrrole nitrogens is 1. The number of nitrogens with zero attached hydrogens (tertiary/aromatic N) is 2. The highest BCUT2D eigenvalue weighted by molar-refractivity contribution is 7.80. The van der Waals surface area contributed by atoms with Gasteiger partial charge < -0.3 is 24.8 Å². The zero-order chi connectivity index (χ0) is 22.4. The molecule has 0 saturated heterocycles. The summed E-state index contributed by atoms with van der Waals surface area (Å²) in [7, 11) is 5.68. The maximum Gasteiger partial charge on any atom is 0.253 e. The van der Waals surface area contributed by atoms with E-state index in [1.54, 1.807) is 7.11 Å². The molecule has 0 bridgehead atoms. The van der Waals surface area contributed by atoms with Crippen LogP contribution in [0, 0.1) is 0 Å². The van der Waals surface area contributed by atoms with Gasteiger partial charge in [-0.15, -0.1) is 0 Å². The molecule has 2 aromatic carbocycles. The van der Waals surface area contributed by atoms with Crippen molar-refractivity contribution in [2.24, 2.45) is 0 Å². The average Bonchev–Trinajstić information content (AvgIpc) is 2.76. The van der Waals surface area contributed by atoms with Crippen LogP contribution in [0.2, 0.25) is 0 Å². The van der Waals surface area contributed by atoms with Crippen molar-refractivity contribution in [2.45, 2.75) is 19.5 Å². The quantitative estimate of drug-likeness (QED) is 0.525. The van der Waals surface area contributed by atoms with Crippen molar-refractivity contribution in [3.63, 3.8) is 0 Å². The summed E-state index contributed by atoms with van der Waals surface area (Å²) in [5.74, 6) is 0.754. The molecule has 0 fully saturated rings. The molecule has 0 aliphatic rings. The molecule has 0 radical (unpaired) electrons. The molecule has 164 valence electrons. The number of rotatable bonds is 8. The average molecular weight is 439 g/mol. The molecule has 0 amide bonds. The first-order chi connectivity index (χ1) is 14.9. The highest BCUT2D eigenvalue weighted by Gasteiger charge is 2.16. The summed E-state index contributed by atoms with van der Waals surface area (Å²) in [6, 6.07) is 17.8. The summed E-state index contributed by atoms with van der Waals surface area (Å²) in [5, 5.41) is 4.98. The van der Waals surface area contributed by atoms with E-state index in [2.05, 4.69) is 34.3 Å². The molecule has 1 aromatic heterocycles. The number of benzene rings is 2. The van der Waals surface area contributed by atoms with E-state index in [0.29, 0.717) is 23.8 Å². The molecule has 0 saturated carbocycles. The van der Waals surface area contributed by atoms with Crippen LogP contribution in [-0.4, -0.2) is 54.2 Å². The second-order valence-corrected chi connectivity index (χ2v) is 8.27. The van der Waals surface area contributed by atoms with Gasteiger partial charge in [0.05, 0.1) is 19.7 Å². The van der Waals surface area contributed by atoms with Gasteiger partial charge in [-0.1, -0.05) is 30.3 Å². The van der Waals surface area contributed by atoms with Gasteiger partial charge in [0.1, 0.15) is 5.75 Å². The lowest BCUT2D eigenvalue weighted by Gasteiger charge is -2.29. The minimum absolute atomic E-state index is 0.0645. The van der Waals surface area contributed by atoms with Crippen molar-refractivity contribution in [2.75, 3.05) is 34.3 Å². The third-order valence-electron chi connectivity index (χ3n) is 5.23. The van der Waals surface area contributed by atoms with Gasteiger partial charge in [-0.3, -0.25) is 4.79 Å². The summed E-state index contributed by atoms with van der Waals surface area (Å²) in [5.41, 5.74) is 2.50. The Morgan fingerprint density at radius 1 is 1.13 bits per heavy atom. The lowest BCUT2D eigenvalue weighted by Crippen LogP contribution is -2.44. The van der Waals surface area contributed by atoms with Crippen molar-refractivity contribution < 1.29 is 4.74 Å². The van der Waals surface area contributed by atoms with Gasteiger partial charge in [-0.2, -0.15) is 0 Å². The van der Waals surface area contributed by atoms with Crippen molar-refractivity contribution in [1.29, 1.82) is 0 Å². The Bertz CT molecular complexity index is 1080. The summed E-state index contributed by atoms with van der Waals surface area (Å²) in [6.45, 7) is 4.03. The molecule has 1 atom stereocenters. The molecule has 1 heterocycles. The number of thiocarbonyl (C=S) groups is 1. The highest BCUT2D eigenvalue weighted by Crippen LogP contribution is 2.19. The molecular weight excluding hydrogens is 408 g/mol. The van der Waals surface area contributed by atoms with Crippen LogP contribution in [0.25, 0.3) is 10.9 Å². The van der Waals surface area contributed by atoms with Crippen LogP contribution in [0.1, 0.15) is 24.1 Å². The van der Waals surface area contributed by atoms with Gasteiger partial charge in [0.15, 0.2) is 5.11 Å². The fourth-order valence-electron chi connectivity index (χ4n) is 3.35. The molecule has 31 heavy (non-hydrogen) atoms. The van der Waals surface area contributed by atoms with E-state index < -0.39 is 0 Å². The molecule has 0 aliphatic heterocycles. The van der Waals surface area contributed by atoms with Crippen molar-refractivity contribution in [3.05, 3.63) is 76.1 Å². The maximum atomic E-state index is 12.7. The number of likely N-dealkylation sites (N-methyl/N-ethyl adjacent to an activating group) is 1. The van der Waals surface area contributed by atoms with Crippen LogP contribution in [0.5, 0.6) is 5.75 Å². The first-order valence-electron chi connectivity index (χ1n) is 10.3. The number of methoxy groups -OCH3 is 1. The summed E-state index contributed by atoms with van der Waals surface area (Å²) in [4.78, 5) is 19.9. The second-order valence-electron chi connectivity index (χ2n) is 7.88. The Morgan fingerprint density at radius 3 is 2.55 bits per heavy atom. The van der Waals surface area contributed by atoms with Crippen molar-refractivity contribution in [3.8, 4) is 5.75 Å². The molecule has 0 aliphatic carbocycles. The SMILES string of the molecule is COc1ccc2[nH]c(=O)c(CN(CCN(C)C)C(=S)NC(C)c3ccccc3)cc2c1. The zero-order valence-electron chi connectivity index (χ0n) is 18.5. The Balaban J connectivity index is 1.83. The van der Waals surface area contributed by atoms with Gasteiger partial charge in [-0.05, 0) is 63.1 Å². The molecule has 2 N–H and O–H groups in total. The Morgan fingerprint density at radius 2 is 1.87 bits per heavy atom. The minimum Gasteiger partial charge on any atom is -0.497 e. The lowest BCUT2D eigenvalue weighted by atomic mass is 10.1. The third-order valence-corrected chi connectivity index (χ3v) is 5.61. The van der Waals surface area contributed by atoms with Crippen LogP contribution in [-0.2, 0) is 6.54 Å². The molecule has 1 unspecified atom stereocenters. The molecular formula is C24H30N4O2S. The summed E-state index contributed by atoms with van der Waals surface area (Å²) < 4.78 is 5.32. The van der Waals surface area contributed by atoms with Gasteiger partial charge in [0.25, 0.3) is 5.56 Å². The van der Waals surface area contributed by atoms with E-state index in [0.717, 1.165) is 28.8 Å². The molecule has 3 rings (SSSR count). The number of aromatic nitrogens is 1. The molecule has 0 spiro atoms. The second kappa shape index (κ2) is 10.4. The van der Waals surface area contributed by atoms with E-state index in [4.69, 9.17) is 17.0 Å². The molecule has 7 heteroatoms. The van der Waals surface area contributed by atoms with Crippen molar-refractivity contribution in [1.82, 2.24) is 20.1 Å². The van der Waals surface area contributed by atoms with Crippen LogP contribution in [0.4, 0.5) is 0 Å². The first-order valence-corrected chi connectivity index (χ1v) is 10.7. The zero-order valence-corrected chi connectivity index (χ0v) is 19.3. The molecule has 3 aromatic rings. The predicted molar refractivity (Wildman–Crippen MR) is 131 cm³/mol. The van der Waals surface area contributed by atoms with E-state index >= 15 is 0 Å². The lowest BCUT2D eigenvalue weighted by molar-refractivity contribution is 0.320. The van der Waals surface area contributed by atoms with Crippen LogP contribution in [0.3, 0.4) is 0 Å². The highest BCUT2D eigenvalue weighted by atomic mass is 32.1. The Labute approximate surface area is 188 Å². The van der Waals surface area contributed by atoms with Gasteiger partial charge in [0, 0.05) is 29.6 Å². The normalized spacial score (nSPS) is 12.0. The van der Waals surface area contributed by atoms with Gasteiger partial charge in [0.2, 0.25) is 0 Å². The number of ether oxygens (including phenoxy) is 1. The smallest absolute Gasteiger partial charge is 0.253 e. The number of hydrogen-bond acceptors (Lipinski definition) is 4. The number of fused-ring (bicyclic) bond motifs is 1. The molecule has 6 nitrogen and oxygen atoms in total. The third kappa shape index (κ3) is 6.06. The van der Waals surface area contributed by atoms with E-state index in [-0.39, 0.29) is 11.6 Å². The summed E-state index contributed by atoms with van der Waals surface area (Å²) in [6.07, 6.45) is 0. The number of aromatic amines is 1. The van der Waals surface area contributed by atoms with Crippen LogP contribution in [0.15, 0.2) is 59.4 Å². The first kappa shape index (κ1) is 22.8. The van der Waals surface area contributed by atoms with E-state index in [9.17, 15) is 4.79 Å². The van der Waals surface area contributed by atoms with E-state index in [1.165, 1.54) is 0 Å². The standard InChI is InChI=1S/C24H30N4O2S/c1-17(18-8-6-5-7-9-18)25-24(31)28(13-12-27(2)3)16-20-14-19-15-21(30-4)10-11-22(19)26-23(20)29/h5-11,14-15,17H,12-13,16H2,1-4H3,(H,25,31)(H,26,29). The van der Waals surface area contributed by atoms with Crippen molar-refractivity contribution >= 4 is 28.2 Å². The Hall–Kier alpha value is -2.90. The monoisotopic (exact) mass is 438 g/mol. The van der Waals surface area contributed by atoms with Gasteiger partial charge >= 0.3 is 0 Å². The largest absolute Gasteiger partial charge is 0.497 e. The fraction of sp³-hybridized carbons (Fsp3) is 0.333. The Kier molecular flexibility index (Phi) is 7.65. The number of nitrogens with one attached hydrogen (secondary N) is 2. The predicted octanol–water partition coefficient (Wildman–Crippen LogP) is 3.54. The number of hydrogen-bond donors (Lipinski definition) is 2. The van der Waals surface area contributed by atoms with Gasteiger partial charge in [-0.25, -0.2) is 0 Å². The van der Waals surface area contributed by atoms with E-state index in [1.807, 2.05) is 61.5 Å². The summed E-state index contributed by atoms with van der Waals surface area (Å²) >= 11 is 5.75. The topological polar surface area (TPSA) is 60.6 Å². The van der Waals surface area contributed by atoms with Crippen LogP contribution >= 0.6 is 12.2 Å². The minimum atomic E-state index is -0.105. The number of pyridine rings is 1. The fourth-order valence-corrected chi connectivity index (χ4v) is 3.69.